The maximum Gasteiger partial charge on any atom is 0.256 e. The van der Waals surface area contributed by atoms with E-state index in [2.05, 4.69) is 20.8 Å². The number of benzene rings is 1. The van der Waals surface area contributed by atoms with E-state index in [-0.39, 0.29) is 17.4 Å². The molecule has 0 aliphatic carbocycles. The number of hydrogen-bond donors (Lipinski definition) is 1. The molecular formula is C16H26N2O3. The number of nitrogen functional groups attached to an aromatic ring is 1. The van der Waals surface area contributed by atoms with Crippen LogP contribution in [0.5, 0.6) is 11.5 Å². The molecule has 1 atom stereocenters. The Kier molecular flexibility index (Phi) is 5.10. The third kappa shape index (κ3) is 3.60. The molecule has 0 saturated heterocycles. The summed E-state index contributed by atoms with van der Waals surface area (Å²) in [5.74, 6) is 0.836. The number of carbonyl (C=O) groups excluding carboxylic acids is 1. The second-order valence-corrected chi connectivity index (χ2v) is 6.25. The average molecular weight is 294 g/mol. The average Bonchev–Trinajstić information content (AvgIpc) is 2.44. The minimum Gasteiger partial charge on any atom is -0.497 e. The lowest BCUT2D eigenvalue weighted by molar-refractivity contribution is 0.0629. The standard InChI is InChI=1S/C16H26N2O3/c1-10(16(2,3)4)18(5)15(19)12-8-11(20-6)9-13(21-7)14(12)17/h8-10H,17H2,1-7H3. The Morgan fingerprint density at radius 1 is 1.24 bits per heavy atom. The van der Waals surface area contributed by atoms with Crippen molar-refractivity contribution in [2.45, 2.75) is 33.7 Å². The van der Waals surface area contributed by atoms with Crippen LogP contribution in [0.15, 0.2) is 12.1 Å². The molecule has 0 radical (unpaired) electrons. The number of carbonyl (C=O) groups is 1. The molecule has 21 heavy (non-hydrogen) atoms. The molecule has 1 amide bonds. The van der Waals surface area contributed by atoms with Gasteiger partial charge in [0, 0.05) is 19.2 Å². The second-order valence-electron chi connectivity index (χ2n) is 6.25. The molecule has 1 unspecified atom stereocenters. The van der Waals surface area contributed by atoms with Crippen molar-refractivity contribution in [3.05, 3.63) is 17.7 Å². The summed E-state index contributed by atoms with van der Waals surface area (Å²) >= 11 is 0. The van der Waals surface area contributed by atoms with Crippen molar-refractivity contribution in [2.24, 2.45) is 5.41 Å². The first-order chi connectivity index (χ1) is 9.63. The van der Waals surface area contributed by atoms with Gasteiger partial charge in [0.15, 0.2) is 0 Å². The van der Waals surface area contributed by atoms with Gasteiger partial charge in [0.2, 0.25) is 0 Å². The van der Waals surface area contributed by atoms with Crippen LogP contribution >= 0.6 is 0 Å². The highest BCUT2D eigenvalue weighted by atomic mass is 16.5. The van der Waals surface area contributed by atoms with Crippen LogP contribution in [0.4, 0.5) is 5.69 Å². The predicted octanol–water partition coefficient (Wildman–Crippen LogP) is 2.79. The lowest BCUT2D eigenvalue weighted by Crippen LogP contribution is -2.43. The Hall–Kier alpha value is -1.91. The quantitative estimate of drug-likeness (QED) is 0.867. The largest absolute Gasteiger partial charge is 0.497 e. The fraction of sp³-hybridized carbons (Fsp3) is 0.562. The summed E-state index contributed by atoms with van der Waals surface area (Å²) in [4.78, 5) is 14.4. The monoisotopic (exact) mass is 294 g/mol. The van der Waals surface area contributed by atoms with Crippen LogP contribution in [0.2, 0.25) is 0 Å². The number of ether oxygens (including phenoxy) is 2. The molecule has 5 nitrogen and oxygen atoms in total. The zero-order valence-electron chi connectivity index (χ0n) is 14.0. The van der Waals surface area contributed by atoms with Crippen molar-refractivity contribution in [2.75, 3.05) is 27.0 Å². The molecule has 1 aromatic carbocycles. The van der Waals surface area contributed by atoms with E-state index < -0.39 is 0 Å². The molecule has 0 heterocycles. The molecular weight excluding hydrogens is 268 g/mol. The number of rotatable bonds is 4. The van der Waals surface area contributed by atoms with E-state index in [0.29, 0.717) is 22.7 Å². The summed E-state index contributed by atoms with van der Waals surface area (Å²) in [5.41, 5.74) is 6.73. The van der Waals surface area contributed by atoms with Gasteiger partial charge in [-0.05, 0) is 18.4 Å². The molecule has 0 aliphatic rings. The Balaban J connectivity index is 3.24. The Labute approximate surface area is 127 Å². The fourth-order valence-corrected chi connectivity index (χ4v) is 2.01. The van der Waals surface area contributed by atoms with Crippen LogP contribution in [0.25, 0.3) is 0 Å². The van der Waals surface area contributed by atoms with E-state index in [1.165, 1.54) is 7.11 Å². The molecule has 1 rings (SSSR count). The van der Waals surface area contributed by atoms with Crippen molar-refractivity contribution in [3.63, 3.8) is 0 Å². The van der Waals surface area contributed by atoms with Gasteiger partial charge in [-0.25, -0.2) is 0 Å². The molecule has 2 N–H and O–H groups in total. The topological polar surface area (TPSA) is 64.8 Å². The molecule has 0 fully saturated rings. The van der Waals surface area contributed by atoms with Gasteiger partial charge in [0.1, 0.15) is 11.5 Å². The van der Waals surface area contributed by atoms with Crippen LogP contribution in [0, 0.1) is 5.41 Å². The highest BCUT2D eigenvalue weighted by molar-refractivity contribution is 6.01. The molecule has 0 saturated carbocycles. The first kappa shape index (κ1) is 17.1. The number of anilines is 1. The van der Waals surface area contributed by atoms with Gasteiger partial charge in [0.25, 0.3) is 5.91 Å². The number of amides is 1. The van der Waals surface area contributed by atoms with E-state index in [4.69, 9.17) is 15.2 Å². The van der Waals surface area contributed by atoms with E-state index >= 15 is 0 Å². The van der Waals surface area contributed by atoms with Crippen molar-refractivity contribution in [3.8, 4) is 11.5 Å². The van der Waals surface area contributed by atoms with Crippen molar-refractivity contribution < 1.29 is 14.3 Å². The van der Waals surface area contributed by atoms with Crippen LogP contribution in [-0.2, 0) is 0 Å². The fourth-order valence-electron chi connectivity index (χ4n) is 2.01. The van der Waals surface area contributed by atoms with E-state index in [1.807, 2.05) is 6.92 Å². The number of methoxy groups -OCH3 is 2. The summed E-state index contributed by atoms with van der Waals surface area (Å²) in [6.07, 6.45) is 0. The van der Waals surface area contributed by atoms with Crippen LogP contribution in [0.1, 0.15) is 38.1 Å². The van der Waals surface area contributed by atoms with Gasteiger partial charge in [-0.2, -0.15) is 0 Å². The van der Waals surface area contributed by atoms with Crippen LogP contribution in [0.3, 0.4) is 0 Å². The van der Waals surface area contributed by atoms with Crippen molar-refractivity contribution in [1.29, 1.82) is 0 Å². The van der Waals surface area contributed by atoms with Gasteiger partial charge in [-0.3, -0.25) is 4.79 Å². The molecule has 1 aromatic rings. The van der Waals surface area contributed by atoms with Gasteiger partial charge in [0.05, 0.1) is 25.5 Å². The summed E-state index contributed by atoms with van der Waals surface area (Å²) in [6, 6.07) is 3.37. The molecule has 5 heteroatoms. The van der Waals surface area contributed by atoms with Gasteiger partial charge < -0.3 is 20.1 Å². The molecule has 0 bridgehead atoms. The van der Waals surface area contributed by atoms with Crippen molar-refractivity contribution in [1.82, 2.24) is 4.90 Å². The lowest BCUT2D eigenvalue weighted by Gasteiger charge is -2.35. The second kappa shape index (κ2) is 6.24. The smallest absolute Gasteiger partial charge is 0.256 e. The van der Waals surface area contributed by atoms with E-state index in [1.54, 1.807) is 31.2 Å². The maximum atomic E-state index is 12.7. The maximum absolute atomic E-state index is 12.7. The van der Waals surface area contributed by atoms with Gasteiger partial charge in [-0.15, -0.1) is 0 Å². The number of hydrogen-bond acceptors (Lipinski definition) is 4. The van der Waals surface area contributed by atoms with Crippen LogP contribution in [-0.4, -0.2) is 38.1 Å². The third-order valence-corrected chi connectivity index (χ3v) is 3.96. The first-order valence-corrected chi connectivity index (χ1v) is 6.92. The normalized spacial score (nSPS) is 12.7. The van der Waals surface area contributed by atoms with Gasteiger partial charge >= 0.3 is 0 Å². The van der Waals surface area contributed by atoms with E-state index in [9.17, 15) is 4.79 Å². The zero-order chi connectivity index (χ0) is 16.4. The SMILES string of the molecule is COc1cc(OC)c(N)c(C(=O)N(C)C(C)C(C)(C)C)c1. The summed E-state index contributed by atoms with van der Waals surface area (Å²) < 4.78 is 10.4. The highest BCUT2D eigenvalue weighted by Gasteiger charge is 2.29. The first-order valence-electron chi connectivity index (χ1n) is 6.92. The van der Waals surface area contributed by atoms with Crippen LogP contribution < -0.4 is 15.2 Å². The highest BCUT2D eigenvalue weighted by Crippen LogP contribution is 2.33. The number of nitrogens with zero attached hydrogens (tertiary/aromatic N) is 1. The number of nitrogens with two attached hydrogens (primary N) is 1. The minimum atomic E-state index is -0.146. The Morgan fingerprint density at radius 2 is 1.81 bits per heavy atom. The third-order valence-electron chi connectivity index (χ3n) is 3.96. The zero-order valence-corrected chi connectivity index (χ0v) is 14.0. The Morgan fingerprint density at radius 3 is 2.24 bits per heavy atom. The molecule has 118 valence electrons. The molecule has 0 aliphatic heterocycles. The summed E-state index contributed by atoms with van der Waals surface area (Å²) in [7, 11) is 4.84. The van der Waals surface area contributed by atoms with Crippen molar-refractivity contribution >= 4 is 11.6 Å². The molecule has 0 aromatic heterocycles. The lowest BCUT2D eigenvalue weighted by atomic mass is 9.87. The minimum absolute atomic E-state index is 0.0257. The molecule has 0 spiro atoms. The van der Waals surface area contributed by atoms with E-state index in [0.717, 1.165) is 0 Å². The summed E-state index contributed by atoms with van der Waals surface area (Å²) in [5, 5.41) is 0. The Bertz CT molecular complexity index is 521. The van der Waals surface area contributed by atoms with Gasteiger partial charge in [-0.1, -0.05) is 20.8 Å². The summed E-state index contributed by atoms with van der Waals surface area (Å²) in [6.45, 7) is 8.30. The predicted molar refractivity (Wildman–Crippen MR) is 85.0 cm³/mol.